The van der Waals surface area contributed by atoms with Crippen LogP contribution in [-0.4, -0.2) is 51.3 Å². The van der Waals surface area contributed by atoms with Crippen molar-refractivity contribution in [3.63, 3.8) is 0 Å². The average Bonchev–Trinajstić information content (AvgIpc) is 2.25. The lowest BCUT2D eigenvalue weighted by Crippen LogP contribution is -2.51. The summed E-state index contributed by atoms with van der Waals surface area (Å²) in [6.45, 7) is 3.38. The molecule has 92 valence electrons. The molecular weight excluding hydrogens is 206 g/mol. The summed E-state index contributed by atoms with van der Waals surface area (Å²) in [7, 11) is 3.62. The summed E-state index contributed by atoms with van der Waals surface area (Å²) in [5.41, 5.74) is -0.324. The average molecular weight is 227 g/mol. The SMILES string of the molecule is COC(=O)C1(CC2CCN(C)CC2)COC1. The number of ether oxygens (including phenoxy) is 2. The lowest BCUT2D eigenvalue weighted by atomic mass is 9.75. The predicted octanol–water partition coefficient (Wildman–Crippen LogP) is 0.908. The van der Waals surface area contributed by atoms with Crippen molar-refractivity contribution < 1.29 is 14.3 Å². The Kier molecular flexibility index (Phi) is 3.50. The van der Waals surface area contributed by atoms with Gasteiger partial charge in [-0.2, -0.15) is 0 Å². The van der Waals surface area contributed by atoms with Gasteiger partial charge in [0, 0.05) is 0 Å². The molecular formula is C12H21NO3. The first-order chi connectivity index (χ1) is 7.66. The van der Waals surface area contributed by atoms with E-state index in [4.69, 9.17) is 9.47 Å². The summed E-state index contributed by atoms with van der Waals surface area (Å²) < 4.78 is 10.1. The molecule has 2 heterocycles. The van der Waals surface area contributed by atoms with Crippen molar-refractivity contribution in [1.82, 2.24) is 4.90 Å². The molecule has 2 aliphatic rings. The van der Waals surface area contributed by atoms with Crippen LogP contribution in [0, 0.1) is 11.3 Å². The van der Waals surface area contributed by atoms with Gasteiger partial charge in [0.1, 0.15) is 5.41 Å². The molecule has 2 aliphatic heterocycles. The van der Waals surface area contributed by atoms with Gasteiger partial charge in [0.05, 0.1) is 20.3 Å². The Balaban J connectivity index is 1.89. The second-order valence-electron chi connectivity index (χ2n) is 5.22. The van der Waals surface area contributed by atoms with Gasteiger partial charge in [-0.25, -0.2) is 0 Å². The van der Waals surface area contributed by atoms with Crippen molar-refractivity contribution in [2.75, 3.05) is 40.5 Å². The number of nitrogens with zero attached hydrogens (tertiary/aromatic N) is 1. The normalized spacial score (nSPS) is 26.1. The molecule has 16 heavy (non-hydrogen) atoms. The highest BCUT2D eigenvalue weighted by molar-refractivity contribution is 5.78. The van der Waals surface area contributed by atoms with E-state index >= 15 is 0 Å². The van der Waals surface area contributed by atoms with Gasteiger partial charge in [-0.05, 0) is 45.3 Å². The molecule has 4 nitrogen and oxygen atoms in total. The fraction of sp³-hybridized carbons (Fsp3) is 0.917. The summed E-state index contributed by atoms with van der Waals surface area (Å²) in [6, 6.07) is 0. The van der Waals surface area contributed by atoms with E-state index in [1.54, 1.807) is 0 Å². The third-order valence-corrected chi connectivity index (χ3v) is 3.89. The van der Waals surface area contributed by atoms with Gasteiger partial charge in [-0.15, -0.1) is 0 Å². The van der Waals surface area contributed by atoms with Crippen LogP contribution >= 0.6 is 0 Å². The topological polar surface area (TPSA) is 38.8 Å². The van der Waals surface area contributed by atoms with Gasteiger partial charge in [0.15, 0.2) is 0 Å². The van der Waals surface area contributed by atoms with Crippen LogP contribution in [0.25, 0.3) is 0 Å². The number of esters is 1. The minimum Gasteiger partial charge on any atom is -0.468 e. The van der Waals surface area contributed by atoms with Crippen LogP contribution in [0.5, 0.6) is 0 Å². The highest BCUT2D eigenvalue weighted by Crippen LogP contribution is 2.38. The number of likely N-dealkylation sites (tertiary alicyclic amines) is 1. The lowest BCUT2D eigenvalue weighted by molar-refractivity contribution is -0.187. The lowest BCUT2D eigenvalue weighted by Gasteiger charge is -2.42. The Morgan fingerprint density at radius 2 is 2.06 bits per heavy atom. The van der Waals surface area contributed by atoms with Gasteiger partial charge in [0.25, 0.3) is 0 Å². The molecule has 0 aliphatic carbocycles. The molecule has 0 atom stereocenters. The molecule has 4 heteroatoms. The molecule has 0 aromatic carbocycles. The summed E-state index contributed by atoms with van der Waals surface area (Å²) in [4.78, 5) is 14.1. The van der Waals surface area contributed by atoms with E-state index in [0.717, 1.165) is 19.5 Å². The smallest absolute Gasteiger partial charge is 0.316 e. The second-order valence-corrected chi connectivity index (χ2v) is 5.22. The van der Waals surface area contributed by atoms with Crippen molar-refractivity contribution in [2.24, 2.45) is 11.3 Å². The van der Waals surface area contributed by atoms with Gasteiger partial charge in [-0.1, -0.05) is 0 Å². The molecule has 0 aromatic rings. The molecule has 2 saturated heterocycles. The maximum atomic E-state index is 11.7. The van der Waals surface area contributed by atoms with E-state index in [9.17, 15) is 4.79 Å². The third-order valence-electron chi connectivity index (χ3n) is 3.89. The number of piperidine rings is 1. The molecule has 0 aromatic heterocycles. The molecule has 0 saturated carbocycles. The van der Waals surface area contributed by atoms with Crippen molar-refractivity contribution in [3.8, 4) is 0 Å². The number of carbonyl (C=O) groups excluding carboxylic acids is 1. The largest absolute Gasteiger partial charge is 0.468 e. The fourth-order valence-corrected chi connectivity index (χ4v) is 2.70. The van der Waals surface area contributed by atoms with Crippen molar-refractivity contribution in [3.05, 3.63) is 0 Å². The Bertz CT molecular complexity index is 255. The van der Waals surface area contributed by atoms with Crippen LogP contribution in [-0.2, 0) is 14.3 Å². The molecule has 0 spiro atoms. The molecule has 0 bridgehead atoms. The highest BCUT2D eigenvalue weighted by Gasteiger charge is 2.48. The van der Waals surface area contributed by atoms with Crippen LogP contribution in [0.4, 0.5) is 0 Å². The number of hydrogen-bond donors (Lipinski definition) is 0. The van der Waals surface area contributed by atoms with E-state index in [1.165, 1.54) is 20.0 Å². The van der Waals surface area contributed by atoms with Crippen LogP contribution in [0.15, 0.2) is 0 Å². The van der Waals surface area contributed by atoms with E-state index in [2.05, 4.69) is 11.9 Å². The minimum atomic E-state index is -0.324. The van der Waals surface area contributed by atoms with Crippen molar-refractivity contribution >= 4 is 5.97 Å². The third kappa shape index (κ3) is 2.23. The Morgan fingerprint density at radius 3 is 2.50 bits per heavy atom. The molecule has 2 fully saturated rings. The fourth-order valence-electron chi connectivity index (χ4n) is 2.70. The number of rotatable bonds is 3. The first kappa shape index (κ1) is 11.9. The number of carbonyl (C=O) groups is 1. The van der Waals surface area contributed by atoms with Crippen molar-refractivity contribution in [1.29, 1.82) is 0 Å². The molecule has 0 N–H and O–H groups in total. The molecule has 0 unspecified atom stereocenters. The van der Waals surface area contributed by atoms with E-state index in [-0.39, 0.29) is 11.4 Å². The van der Waals surface area contributed by atoms with Gasteiger partial charge in [0.2, 0.25) is 0 Å². The summed E-state index contributed by atoms with van der Waals surface area (Å²) in [6.07, 6.45) is 3.32. The number of hydrogen-bond acceptors (Lipinski definition) is 4. The monoisotopic (exact) mass is 227 g/mol. The zero-order valence-electron chi connectivity index (χ0n) is 10.2. The summed E-state index contributed by atoms with van der Waals surface area (Å²) >= 11 is 0. The maximum Gasteiger partial charge on any atom is 0.316 e. The summed E-state index contributed by atoms with van der Waals surface area (Å²) in [5.74, 6) is 0.567. The van der Waals surface area contributed by atoms with Crippen molar-refractivity contribution in [2.45, 2.75) is 19.3 Å². The second kappa shape index (κ2) is 4.72. The zero-order valence-corrected chi connectivity index (χ0v) is 10.2. The van der Waals surface area contributed by atoms with Crippen LogP contribution in [0.3, 0.4) is 0 Å². The Labute approximate surface area is 96.9 Å². The van der Waals surface area contributed by atoms with Crippen LogP contribution in [0.2, 0.25) is 0 Å². The van der Waals surface area contributed by atoms with Crippen LogP contribution < -0.4 is 0 Å². The molecule has 0 radical (unpaired) electrons. The van der Waals surface area contributed by atoms with E-state index in [0.29, 0.717) is 19.1 Å². The van der Waals surface area contributed by atoms with E-state index in [1.807, 2.05) is 0 Å². The summed E-state index contributed by atoms with van der Waals surface area (Å²) in [5, 5.41) is 0. The highest BCUT2D eigenvalue weighted by atomic mass is 16.5. The Hall–Kier alpha value is -0.610. The van der Waals surface area contributed by atoms with Gasteiger partial charge >= 0.3 is 5.97 Å². The number of methoxy groups -OCH3 is 1. The van der Waals surface area contributed by atoms with E-state index < -0.39 is 0 Å². The maximum absolute atomic E-state index is 11.7. The van der Waals surface area contributed by atoms with Crippen LogP contribution in [0.1, 0.15) is 19.3 Å². The Morgan fingerprint density at radius 1 is 1.44 bits per heavy atom. The predicted molar refractivity (Wildman–Crippen MR) is 60.1 cm³/mol. The molecule has 2 rings (SSSR count). The molecule has 0 amide bonds. The van der Waals surface area contributed by atoms with Gasteiger partial charge in [-0.3, -0.25) is 4.79 Å². The quantitative estimate of drug-likeness (QED) is 0.672. The zero-order chi connectivity index (χ0) is 11.6. The first-order valence-corrected chi connectivity index (χ1v) is 6.01. The van der Waals surface area contributed by atoms with Gasteiger partial charge < -0.3 is 14.4 Å². The first-order valence-electron chi connectivity index (χ1n) is 6.01. The standard InChI is InChI=1S/C12H21NO3/c1-13-5-3-10(4-6-13)7-12(8-16-9-12)11(14)15-2/h10H,3-9H2,1-2H3. The minimum absolute atomic E-state index is 0.0855.